The average molecular weight is 413 g/mol. The number of rotatable bonds is 10. The maximum atomic E-state index is 2.49. The van der Waals surface area contributed by atoms with Gasteiger partial charge in [-0.1, -0.05) is 126 Å². The molecule has 0 aliphatic carbocycles. The molecule has 0 heteroatoms. The quantitative estimate of drug-likeness (QED) is 0.311. The lowest BCUT2D eigenvalue weighted by molar-refractivity contribution is 0.174. The van der Waals surface area contributed by atoms with Crippen LogP contribution in [0.2, 0.25) is 0 Å². The Balaban J connectivity index is 1.87. The first-order chi connectivity index (χ1) is 14.8. The zero-order chi connectivity index (χ0) is 22.3. The average Bonchev–Trinajstić information content (AvgIpc) is 2.77. The Morgan fingerprint density at radius 1 is 0.613 bits per heavy atom. The molecule has 0 spiro atoms. The first-order valence-corrected chi connectivity index (χ1v) is 11.9. The normalized spacial score (nSPS) is 14.2. The first kappa shape index (κ1) is 23.3. The summed E-state index contributed by atoms with van der Waals surface area (Å²) in [5, 5.41) is 0. The molecule has 3 rings (SSSR count). The molecule has 0 saturated carbocycles. The summed E-state index contributed by atoms with van der Waals surface area (Å²) in [6, 6.07) is 33.3. The third kappa shape index (κ3) is 6.57. The van der Waals surface area contributed by atoms with Crippen LogP contribution >= 0.6 is 0 Å². The van der Waals surface area contributed by atoms with E-state index >= 15 is 0 Å². The summed E-state index contributed by atoms with van der Waals surface area (Å²) >= 11 is 0. The van der Waals surface area contributed by atoms with E-state index in [0.29, 0.717) is 11.8 Å². The lowest BCUT2D eigenvalue weighted by Gasteiger charge is -2.42. The summed E-state index contributed by atoms with van der Waals surface area (Å²) < 4.78 is 0. The summed E-state index contributed by atoms with van der Waals surface area (Å²) in [5.74, 6) is 1.12. The van der Waals surface area contributed by atoms with Crippen LogP contribution in [-0.2, 0) is 6.42 Å². The molecule has 0 nitrogen and oxygen atoms in total. The summed E-state index contributed by atoms with van der Waals surface area (Å²) in [5.41, 5.74) is 4.83. The van der Waals surface area contributed by atoms with Gasteiger partial charge in [-0.05, 0) is 65.0 Å². The van der Waals surface area contributed by atoms with Crippen molar-refractivity contribution in [3.05, 3.63) is 108 Å². The Kier molecular flexibility index (Phi) is 7.76. The van der Waals surface area contributed by atoms with E-state index in [0.717, 1.165) is 6.42 Å². The van der Waals surface area contributed by atoms with Crippen molar-refractivity contribution in [1.82, 2.24) is 0 Å². The van der Waals surface area contributed by atoms with Crippen LogP contribution in [0.4, 0.5) is 0 Å². The largest absolute Gasteiger partial charge is 0.0648 e. The summed E-state index contributed by atoms with van der Waals surface area (Å²) in [6.45, 7) is 12.2. The van der Waals surface area contributed by atoms with Crippen molar-refractivity contribution in [2.24, 2.45) is 10.8 Å². The molecule has 0 fully saturated rings. The molecular weight excluding hydrogens is 372 g/mol. The third-order valence-electron chi connectivity index (χ3n) is 6.96. The minimum Gasteiger partial charge on any atom is -0.0648 e. The summed E-state index contributed by atoms with van der Waals surface area (Å²) in [7, 11) is 0. The van der Waals surface area contributed by atoms with E-state index in [2.05, 4.69) is 126 Å². The van der Waals surface area contributed by atoms with Crippen molar-refractivity contribution < 1.29 is 0 Å². The molecule has 3 aromatic carbocycles. The molecule has 0 heterocycles. The zero-order valence-corrected chi connectivity index (χ0v) is 20.1. The van der Waals surface area contributed by atoms with Gasteiger partial charge < -0.3 is 0 Å². The van der Waals surface area contributed by atoms with Gasteiger partial charge in [0.05, 0.1) is 0 Å². The highest BCUT2D eigenvalue weighted by atomic mass is 14.4. The van der Waals surface area contributed by atoms with Gasteiger partial charge in [-0.2, -0.15) is 0 Å². The number of hydrogen-bond donors (Lipinski definition) is 0. The van der Waals surface area contributed by atoms with E-state index in [9.17, 15) is 0 Å². The molecule has 2 unspecified atom stereocenters. The number of hydrogen-bond acceptors (Lipinski definition) is 0. The van der Waals surface area contributed by atoms with Gasteiger partial charge in [0.2, 0.25) is 0 Å². The minimum atomic E-state index is 0.200. The standard InChI is InChI=1S/C31H40/c1-6-26(27-18-12-8-13-19-27)23-31(4,5)29(28-20-14-9-15-21-28)24-30(2,3)22-25-16-10-7-11-17-25/h7-21,26,29H,6,22-24H2,1-5H3. The van der Waals surface area contributed by atoms with Gasteiger partial charge in [-0.25, -0.2) is 0 Å². The lowest BCUT2D eigenvalue weighted by Crippen LogP contribution is -2.30. The monoisotopic (exact) mass is 412 g/mol. The Morgan fingerprint density at radius 3 is 1.61 bits per heavy atom. The van der Waals surface area contributed by atoms with E-state index in [1.54, 1.807) is 0 Å². The van der Waals surface area contributed by atoms with E-state index in [-0.39, 0.29) is 10.8 Å². The van der Waals surface area contributed by atoms with Gasteiger partial charge in [0.15, 0.2) is 0 Å². The molecule has 0 bridgehead atoms. The second kappa shape index (κ2) is 10.3. The third-order valence-corrected chi connectivity index (χ3v) is 6.96. The predicted molar refractivity (Wildman–Crippen MR) is 136 cm³/mol. The van der Waals surface area contributed by atoms with Crippen LogP contribution in [0.25, 0.3) is 0 Å². The maximum absolute atomic E-state index is 2.49. The van der Waals surface area contributed by atoms with Crippen LogP contribution in [0, 0.1) is 10.8 Å². The molecule has 31 heavy (non-hydrogen) atoms. The zero-order valence-electron chi connectivity index (χ0n) is 20.1. The van der Waals surface area contributed by atoms with Crippen molar-refractivity contribution in [3.63, 3.8) is 0 Å². The van der Waals surface area contributed by atoms with E-state index in [1.165, 1.54) is 36.0 Å². The molecule has 0 saturated heterocycles. The highest BCUT2D eigenvalue weighted by Gasteiger charge is 2.37. The topological polar surface area (TPSA) is 0 Å². The fourth-order valence-electron chi connectivity index (χ4n) is 5.30. The van der Waals surface area contributed by atoms with Crippen molar-refractivity contribution in [3.8, 4) is 0 Å². The molecule has 0 aromatic heterocycles. The predicted octanol–water partition coefficient (Wildman–Crippen LogP) is 9.04. The molecule has 0 amide bonds. The Morgan fingerprint density at radius 2 is 1.10 bits per heavy atom. The maximum Gasteiger partial charge on any atom is -0.0105 e. The Bertz CT molecular complexity index is 891. The van der Waals surface area contributed by atoms with Crippen LogP contribution in [-0.4, -0.2) is 0 Å². The van der Waals surface area contributed by atoms with Gasteiger partial charge >= 0.3 is 0 Å². The van der Waals surface area contributed by atoms with E-state index < -0.39 is 0 Å². The highest BCUT2D eigenvalue weighted by Crippen LogP contribution is 2.49. The van der Waals surface area contributed by atoms with Crippen LogP contribution in [0.5, 0.6) is 0 Å². The Labute approximate surface area is 190 Å². The van der Waals surface area contributed by atoms with Gasteiger partial charge in [-0.15, -0.1) is 0 Å². The lowest BCUT2D eigenvalue weighted by atomic mass is 9.63. The van der Waals surface area contributed by atoms with Gasteiger partial charge in [-0.3, -0.25) is 0 Å². The molecular formula is C31H40. The molecule has 0 aliphatic heterocycles. The van der Waals surface area contributed by atoms with Crippen molar-refractivity contribution in [1.29, 1.82) is 0 Å². The number of benzene rings is 3. The second-order valence-electron chi connectivity index (χ2n) is 10.7. The molecule has 0 radical (unpaired) electrons. The SMILES string of the molecule is CCC(CC(C)(C)C(CC(C)(C)Cc1ccccc1)c1ccccc1)c1ccccc1. The summed E-state index contributed by atoms with van der Waals surface area (Å²) in [4.78, 5) is 0. The van der Waals surface area contributed by atoms with Crippen molar-refractivity contribution in [2.45, 2.75) is 72.1 Å². The highest BCUT2D eigenvalue weighted by molar-refractivity contribution is 5.25. The van der Waals surface area contributed by atoms with Crippen molar-refractivity contribution >= 4 is 0 Å². The smallest absolute Gasteiger partial charge is 0.0105 e. The molecule has 3 aromatic rings. The van der Waals surface area contributed by atoms with Crippen molar-refractivity contribution in [2.75, 3.05) is 0 Å². The Hall–Kier alpha value is -2.34. The molecule has 164 valence electrons. The van der Waals surface area contributed by atoms with Crippen LogP contribution < -0.4 is 0 Å². The van der Waals surface area contributed by atoms with E-state index in [4.69, 9.17) is 0 Å². The molecule has 0 N–H and O–H groups in total. The fraction of sp³-hybridized carbons (Fsp3) is 0.419. The first-order valence-electron chi connectivity index (χ1n) is 11.9. The van der Waals surface area contributed by atoms with Gasteiger partial charge in [0, 0.05) is 0 Å². The molecule has 0 aliphatic rings. The van der Waals surface area contributed by atoms with Crippen LogP contribution in [0.15, 0.2) is 91.0 Å². The van der Waals surface area contributed by atoms with Gasteiger partial charge in [0.25, 0.3) is 0 Å². The van der Waals surface area contributed by atoms with Crippen LogP contribution in [0.1, 0.15) is 82.4 Å². The van der Waals surface area contributed by atoms with E-state index in [1.807, 2.05) is 0 Å². The summed E-state index contributed by atoms with van der Waals surface area (Å²) in [6.07, 6.45) is 4.68. The molecule has 2 atom stereocenters. The fourth-order valence-corrected chi connectivity index (χ4v) is 5.30. The minimum absolute atomic E-state index is 0.200. The second-order valence-corrected chi connectivity index (χ2v) is 10.7. The van der Waals surface area contributed by atoms with Gasteiger partial charge in [0.1, 0.15) is 0 Å². The van der Waals surface area contributed by atoms with Crippen LogP contribution in [0.3, 0.4) is 0 Å².